The maximum atomic E-state index is 13.5. The van der Waals surface area contributed by atoms with Gasteiger partial charge in [0, 0.05) is 6.04 Å². The van der Waals surface area contributed by atoms with Crippen LogP contribution in [-0.2, 0) is 0 Å². The number of hydrogen-bond donors (Lipinski definition) is 2. The van der Waals surface area contributed by atoms with Gasteiger partial charge in [0.2, 0.25) is 0 Å². The van der Waals surface area contributed by atoms with Crippen molar-refractivity contribution in [3.05, 3.63) is 29.6 Å². The molecule has 1 aliphatic carbocycles. The standard InChI is InChI=1S/C14H18FN3/c15-12-5-3-7-14(11(12)9-17)18-13-6-2-1-4-10(13)8-16/h3,5,7,10,13,18H,1-2,4,6,8,16H2. The number of nitriles is 1. The monoisotopic (exact) mass is 247 g/mol. The van der Waals surface area contributed by atoms with Crippen molar-refractivity contribution in [3.8, 4) is 6.07 Å². The normalized spacial score (nSPS) is 23.4. The third kappa shape index (κ3) is 2.62. The fourth-order valence-electron chi connectivity index (χ4n) is 2.64. The lowest BCUT2D eigenvalue weighted by atomic mass is 9.84. The number of nitrogens with one attached hydrogen (secondary N) is 1. The van der Waals surface area contributed by atoms with Gasteiger partial charge in [-0.3, -0.25) is 0 Å². The SMILES string of the molecule is N#Cc1c(F)cccc1NC1CCCCC1CN. The third-order valence-electron chi connectivity index (χ3n) is 3.68. The van der Waals surface area contributed by atoms with Crippen LogP contribution < -0.4 is 11.1 Å². The number of nitrogens with two attached hydrogens (primary N) is 1. The smallest absolute Gasteiger partial charge is 0.143 e. The van der Waals surface area contributed by atoms with Crippen LogP contribution in [0.1, 0.15) is 31.2 Å². The lowest BCUT2D eigenvalue weighted by Gasteiger charge is -2.32. The van der Waals surface area contributed by atoms with Gasteiger partial charge in [0.15, 0.2) is 0 Å². The average molecular weight is 247 g/mol. The van der Waals surface area contributed by atoms with Crippen LogP contribution in [-0.4, -0.2) is 12.6 Å². The van der Waals surface area contributed by atoms with E-state index in [1.165, 1.54) is 12.5 Å². The van der Waals surface area contributed by atoms with Crippen molar-refractivity contribution in [1.82, 2.24) is 0 Å². The van der Waals surface area contributed by atoms with Crippen LogP contribution >= 0.6 is 0 Å². The molecule has 1 aromatic rings. The van der Waals surface area contributed by atoms with Crippen molar-refractivity contribution >= 4 is 5.69 Å². The number of nitrogens with zero attached hydrogens (tertiary/aromatic N) is 1. The summed E-state index contributed by atoms with van der Waals surface area (Å²) < 4.78 is 13.5. The minimum atomic E-state index is -0.470. The number of rotatable bonds is 3. The molecule has 3 nitrogen and oxygen atoms in total. The topological polar surface area (TPSA) is 61.8 Å². The Morgan fingerprint density at radius 3 is 2.89 bits per heavy atom. The Bertz CT molecular complexity index is 453. The Labute approximate surface area is 107 Å². The molecule has 2 atom stereocenters. The highest BCUT2D eigenvalue weighted by molar-refractivity contribution is 5.58. The van der Waals surface area contributed by atoms with Crippen LogP contribution in [0.25, 0.3) is 0 Å². The van der Waals surface area contributed by atoms with Gasteiger partial charge in [0.1, 0.15) is 17.4 Å². The largest absolute Gasteiger partial charge is 0.381 e. The second-order valence-electron chi connectivity index (χ2n) is 4.81. The second-order valence-corrected chi connectivity index (χ2v) is 4.81. The molecule has 4 heteroatoms. The lowest BCUT2D eigenvalue weighted by molar-refractivity contribution is 0.332. The zero-order valence-electron chi connectivity index (χ0n) is 10.3. The second kappa shape index (κ2) is 5.83. The van der Waals surface area contributed by atoms with E-state index in [-0.39, 0.29) is 11.6 Å². The number of halogens is 1. The molecule has 0 radical (unpaired) electrons. The summed E-state index contributed by atoms with van der Waals surface area (Å²) in [5.41, 5.74) is 6.45. The highest BCUT2D eigenvalue weighted by Crippen LogP contribution is 2.28. The average Bonchev–Trinajstić information content (AvgIpc) is 2.40. The van der Waals surface area contributed by atoms with Gasteiger partial charge in [-0.1, -0.05) is 18.9 Å². The van der Waals surface area contributed by atoms with Gasteiger partial charge in [-0.2, -0.15) is 5.26 Å². The van der Waals surface area contributed by atoms with E-state index in [1.54, 1.807) is 12.1 Å². The Morgan fingerprint density at radius 1 is 1.39 bits per heavy atom. The van der Waals surface area contributed by atoms with Gasteiger partial charge >= 0.3 is 0 Å². The summed E-state index contributed by atoms with van der Waals surface area (Å²) in [6.45, 7) is 0.634. The fraction of sp³-hybridized carbons (Fsp3) is 0.500. The Hall–Kier alpha value is -1.60. The molecule has 2 unspecified atom stereocenters. The molecule has 0 bridgehead atoms. The predicted octanol–water partition coefficient (Wildman–Crippen LogP) is 2.63. The van der Waals surface area contributed by atoms with Crippen molar-refractivity contribution in [1.29, 1.82) is 5.26 Å². The van der Waals surface area contributed by atoms with Crippen molar-refractivity contribution < 1.29 is 4.39 Å². The van der Waals surface area contributed by atoms with E-state index >= 15 is 0 Å². The molecular weight excluding hydrogens is 229 g/mol. The molecule has 18 heavy (non-hydrogen) atoms. The molecule has 0 spiro atoms. The molecule has 1 aliphatic rings. The molecule has 1 fully saturated rings. The maximum Gasteiger partial charge on any atom is 0.143 e. The first-order chi connectivity index (χ1) is 8.76. The van der Waals surface area contributed by atoms with E-state index in [4.69, 9.17) is 11.0 Å². The van der Waals surface area contributed by atoms with E-state index in [0.717, 1.165) is 19.3 Å². The van der Waals surface area contributed by atoms with E-state index in [0.29, 0.717) is 18.2 Å². The first-order valence-electron chi connectivity index (χ1n) is 6.41. The molecule has 0 aromatic heterocycles. The van der Waals surface area contributed by atoms with Crippen LogP contribution in [0.4, 0.5) is 10.1 Å². The van der Waals surface area contributed by atoms with Gasteiger partial charge in [-0.05, 0) is 37.4 Å². The minimum absolute atomic E-state index is 0.0962. The summed E-state index contributed by atoms with van der Waals surface area (Å²) in [5.74, 6) is -0.0591. The first kappa shape index (κ1) is 12.8. The Kier molecular flexibility index (Phi) is 4.16. The molecule has 1 saturated carbocycles. The maximum absolute atomic E-state index is 13.5. The van der Waals surface area contributed by atoms with Gasteiger partial charge < -0.3 is 11.1 Å². The molecule has 1 aromatic carbocycles. The van der Waals surface area contributed by atoms with Crippen LogP contribution in [0.15, 0.2) is 18.2 Å². The minimum Gasteiger partial charge on any atom is -0.381 e. The van der Waals surface area contributed by atoms with Gasteiger partial charge in [-0.15, -0.1) is 0 Å². The quantitative estimate of drug-likeness (QED) is 0.863. The number of benzene rings is 1. The molecule has 96 valence electrons. The predicted molar refractivity (Wildman–Crippen MR) is 69.5 cm³/mol. The summed E-state index contributed by atoms with van der Waals surface area (Å²) in [6, 6.07) is 6.85. The van der Waals surface area contributed by atoms with Gasteiger partial charge in [0.05, 0.1) is 5.69 Å². The third-order valence-corrected chi connectivity index (χ3v) is 3.68. The van der Waals surface area contributed by atoms with Crippen molar-refractivity contribution in [2.24, 2.45) is 11.7 Å². The first-order valence-corrected chi connectivity index (χ1v) is 6.41. The molecule has 0 heterocycles. The summed E-state index contributed by atoms with van der Waals surface area (Å²) in [7, 11) is 0. The lowest BCUT2D eigenvalue weighted by Crippen LogP contribution is -2.36. The Morgan fingerprint density at radius 2 is 2.17 bits per heavy atom. The fourth-order valence-corrected chi connectivity index (χ4v) is 2.64. The van der Waals surface area contributed by atoms with E-state index in [9.17, 15) is 4.39 Å². The molecule has 0 saturated heterocycles. The van der Waals surface area contributed by atoms with E-state index < -0.39 is 5.82 Å². The van der Waals surface area contributed by atoms with Crippen molar-refractivity contribution in [2.75, 3.05) is 11.9 Å². The number of hydrogen-bond acceptors (Lipinski definition) is 3. The highest BCUT2D eigenvalue weighted by atomic mass is 19.1. The van der Waals surface area contributed by atoms with Gasteiger partial charge in [-0.25, -0.2) is 4.39 Å². The summed E-state index contributed by atoms with van der Waals surface area (Å²) >= 11 is 0. The van der Waals surface area contributed by atoms with Crippen molar-refractivity contribution in [3.63, 3.8) is 0 Å². The van der Waals surface area contributed by atoms with E-state index in [2.05, 4.69) is 5.32 Å². The summed E-state index contributed by atoms with van der Waals surface area (Å²) in [5, 5.41) is 12.3. The molecule has 0 aliphatic heterocycles. The molecule has 2 rings (SSSR count). The molecule has 0 amide bonds. The van der Waals surface area contributed by atoms with Crippen LogP contribution in [0.2, 0.25) is 0 Å². The summed E-state index contributed by atoms with van der Waals surface area (Å²) in [4.78, 5) is 0. The highest BCUT2D eigenvalue weighted by Gasteiger charge is 2.24. The van der Waals surface area contributed by atoms with Crippen LogP contribution in [0.5, 0.6) is 0 Å². The molecular formula is C14H18FN3. The zero-order chi connectivity index (χ0) is 13.0. The number of anilines is 1. The van der Waals surface area contributed by atoms with Crippen LogP contribution in [0.3, 0.4) is 0 Å². The van der Waals surface area contributed by atoms with E-state index in [1.807, 2.05) is 6.07 Å². The van der Waals surface area contributed by atoms with Gasteiger partial charge in [0.25, 0.3) is 0 Å². The Balaban J connectivity index is 2.18. The van der Waals surface area contributed by atoms with Crippen molar-refractivity contribution in [2.45, 2.75) is 31.7 Å². The van der Waals surface area contributed by atoms with Crippen LogP contribution in [0, 0.1) is 23.1 Å². The summed E-state index contributed by atoms with van der Waals surface area (Å²) in [6.07, 6.45) is 4.49. The molecule has 3 N–H and O–H groups in total. The zero-order valence-corrected chi connectivity index (χ0v) is 10.3.